The molecule has 0 fully saturated rings. The molecule has 1 amide bonds. The van der Waals surface area contributed by atoms with E-state index in [0.29, 0.717) is 58.5 Å². The van der Waals surface area contributed by atoms with Crippen molar-refractivity contribution >= 4 is 34.4 Å². The molecule has 206 valence electrons. The number of allylic oxidation sites excluding steroid dienone is 2. The SMILES string of the molecule is CC(C)(C)C(=O)Nc1cncc(-c2cc3c(cc2F)NCCN=C3c2nc3c([nH]2)C(c2cccnc2)=CC=CN3)c1. The standard InChI is InChI=1S/C31H29FN8O/c1-31(2,3)30(41)38-20-12-19(16-34-17-20)22-13-23-25(14-24(22)32)35-10-11-36-26(23)29-39-27-21(18-6-4-8-33-15-18)7-5-9-37-28(27)40-29/h4-9,12-17,35,37H,10-11H2,1-3H3,(H,38,41)(H,39,40). The number of benzodiazepines with no additional fused rings is 1. The fourth-order valence-electron chi connectivity index (χ4n) is 4.66. The maximum atomic E-state index is 15.5. The van der Waals surface area contributed by atoms with Gasteiger partial charge in [0, 0.05) is 70.3 Å². The number of benzene rings is 1. The number of halogens is 1. The van der Waals surface area contributed by atoms with Crippen molar-refractivity contribution in [2.75, 3.05) is 29.0 Å². The molecule has 0 spiro atoms. The predicted octanol–water partition coefficient (Wildman–Crippen LogP) is 5.62. The molecule has 0 saturated heterocycles. The lowest BCUT2D eigenvalue weighted by atomic mass is 9.95. The first kappa shape index (κ1) is 26.1. The fraction of sp³-hybridized carbons (Fsp3) is 0.194. The molecule has 9 nitrogen and oxygen atoms in total. The molecule has 3 aromatic heterocycles. The Bertz CT molecular complexity index is 1730. The van der Waals surface area contributed by atoms with E-state index in [1.54, 1.807) is 36.9 Å². The first-order valence-corrected chi connectivity index (χ1v) is 13.3. The number of pyridine rings is 2. The Hall–Kier alpha value is -5.12. The lowest BCUT2D eigenvalue weighted by Gasteiger charge is -2.18. The molecule has 10 heteroatoms. The summed E-state index contributed by atoms with van der Waals surface area (Å²) >= 11 is 0. The van der Waals surface area contributed by atoms with E-state index in [2.05, 4.69) is 30.9 Å². The highest BCUT2D eigenvalue weighted by Crippen LogP contribution is 2.34. The molecule has 0 bridgehead atoms. The van der Waals surface area contributed by atoms with Gasteiger partial charge in [-0.1, -0.05) is 32.9 Å². The van der Waals surface area contributed by atoms with Crippen LogP contribution in [0.4, 0.5) is 21.6 Å². The number of H-pyrrole nitrogens is 1. The number of aliphatic imine (C=N–C) groups is 1. The minimum atomic E-state index is -0.583. The number of amides is 1. The molecule has 1 aromatic carbocycles. The predicted molar refractivity (Wildman–Crippen MR) is 159 cm³/mol. The van der Waals surface area contributed by atoms with Gasteiger partial charge in [0.1, 0.15) is 11.5 Å². The molecule has 2 aliphatic rings. The van der Waals surface area contributed by atoms with E-state index in [9.17, 15) is 4.79 Å². The van der Waals surface area contributed by atoms with Crippen LogP contribution in [0.25, 0.3) is 16.7 Å². The number of carbonyl (C=O) groups excluding carboxylic acids is 1. The van der Waals surface area contributed by atoms with Crippen LogP contribution in [0.5, 0.6) is 0 Å². The number of aromatic amines is 1. The van der Waals surface area contributed by atoms with Gasteiger partial charge >= 0.3 is 0 Å². The Balaban J connectivity index is 1.41. The molecule has 0 saturated carbocycles. The lowest BCUT2D eigenvalue weighted by molar-refractivity contribution is -0.123. The summed E-state index contributed by atoms with van der Waals surface area (Å²) in [5.74, 6) is 0.638. The number of hydrogen-bond acceptors (Lipinski definition) is 7. The van der Waals surface area contributed by atoms with Crippen LogP contribution in [0.1, 0.15) is 43.4 Å². The third-order valence-corrected chi connectivity index (χ3v) is 6.80. The maximum absolute atomic E-state index is 15.5. The second-order valence-corrected chi connectivity index (χ2v) is 10.8. The zero-order valence-electron chi connectivity index (χ0n) is 22.9. The summed E-state index contributed by atoms with van der Waals surface area (Å²) in [6.07, 6.45) is 12.4. The summed E-state index contributed by atoms with van der Waals surface area (Å²) in [6.45, 7) is 6.52. The van der Waals surface area contributed by atoms with Crippen molar-refractivity contribution in [1.29, 1.82) is 0 Å². The number of rotatable bonds is 4. The number of hydrogen-bond donors (Lipinski definition) is 4. The van der Waals surface area contributed by atoms with Crippen LogP contribution in [0.3, 0.4) is 0 Å². The molecular weight excluding hydrogens is 519 g/mol. The van der Waals surface area contributed by atoms with Gasteiger partial charge < -0.3 is 20.9 Å². The average molecular weight is 549 g/mol. The lowest BCUT2D eigenvalue weighted by Crippen LogP contribution is -2.27. The van der Waals surface area contributed by atoms with Gasteiger partial charge in [-0.05, 0) is 30.3 Å². The normalized spacial score (nSPS) is 14.3. The van der Waals surface area contributed by atoms with Crippen LogP contribution in [-0.2, 0) is 4.79 Å². The van der Waals surface area contributed by atoms with Gasteiger partial charge in [0.25, 0.3) is 0 Å². The van der Waals surface area contributed by atoms with E-state index in [0.717, 1.165) is 16.8 Å². The number of anilines is 3. The highest BCUT2D eigenvalue weighted by molar-refractivity contribution is 6.15. The van der Waals surface area contributed by atoms with Gasteiger partial charge in [-0.3, -0.25) is 19.8 Å². The van der Waals surface area contributed by atoms with Crippen LogP contribution in [0, 0.1) is 11.2 Å². The fourth-order valence-corrected chi connectivity index (χ4v) is 4.66. The Morgan fingerprint density at radius 2 is 1.90 bits per heavy atom. The van der Waals surface area contributed by atoms with Gasteiger partial charge in [0.05, 0.1) is 24.1 Å². The summed E-state index contributed by atoms with van der Waals surface area (Å²) in [5.41, 5.74) is 5.39. The van der Waals surface area contributed by atoms with E-state index in [1.165, 1.54) is 6.07 Å². The van der Waals surface area contributed by atoms with Crippen molar-refractivity contribution in [2.24, 2.45) is 10.4 Å². The molecule has 0 radical (unpaired) electrons. The monoisotopic (exact) mass is 548 g/mol. The zero-order chi connectivity index (χ0) is 28.6. The molecule has 6 rings (SSSR count). The number of nitrogens with zero attached hydrogens (tertiary/aromatic N) is 4. The van der Waals surface area contributed by atoms with Crippen LogP contribution in [0.2, 0.25) is 0 Å². The largest absolute Gasteiger partial charge is 0.383 e. The third-order valence-electron chi connectivity index (χ3n) is 6.80. The number of nitrogens with one attached hydrogen (secondary N) is 4. The maximum Gasteiger partial charge on any atom is 0.229 e. The second kappa shape index (κ2) is 10.5. The second-order valence-electron chi connectivity index (χ2n) is 10.8. The van der Waals surface area contributed by atoms with Crippen LogP contribution >= 0.6 is 0 Å². The Labute approximate surface area is 236 Å². The van der Waals surface area contributed by atoms with Crippen molar-refractivity contribution < 1.29 is 9.18 Å². The van der Waals surface area contributed by atoms with E-state index >= 15 is 4.39 Å². The molecule has 41 heavy (non-hydrogen) atoms. The van der Waals surface area contributed by atoms with E-state index in [-0.39, 0.29) is 5.91 Å². The van der Waals surface area contributed by atoms with E-state index in [4.69, 9.17) is 9.98 Å². The van der Waals surface area contributed by atoms with Crippen molar-refractivity contribution in [3.8, 4) is 11.1 Å². The summed E-state index contributed by atoms with van der Waals surface area (Å²) in [4.78, 5) is 34.2. The Morgan fingerprint density at radius 3 is 2.71 bits per heavy atom. The Kier molecular flexibility index (Phi) is 6.66. The van der Waals surface area contributed by atoms with E-state index < -0.39 is 11.2 Å². The number of fused-ring (bicyclic) bond motifs is 2. The minimum Gasteiger partial charge on any atom is -0.383 e. The van der Waals surface area contributed by atoms with Crippen molar-refractivity contribution in [3.63, 3.8) is 0 Å². The molecule has 4 N–H and O–H groups in total. The Morgan fingerprint density at radius 1 is 1.05 bits per heavy atom. The van der Waals surface area contributed by atoms with Crippen LogP contribution in [-0.4, -0.2) is 44.6 Å². The highest BCUT2D eigenvalue weighted by Gasteiger charge is 2.25. The molecule has 0 aliphatic carbocycles. The van der Waals surface area contributed by atoms with Gasteiger partial charge in [-0.2, -0.15) is 0 Å². The minimum absolute atomic E-state index is 0.154. The number of aromatic nitrogens is 4. The molecular formula is C31H29FN8O. The van der Waals surface area contributed by atoms with Crippen molar-refractivity contribution in [3.05, 3.63) is 102 Å². The number of imidazole rings is 1. The smallest absolute Gasteiger partial charge is 0.229 e. The van der Waals surface area contributed by atoms with E-state index in [1.807, 2.05) is 51.3 Å². The summed E-state index contributed by atoms with van der Waals surface area (Å²) in [7, 11) is 0. The van der Waals surface area contributed by atoms with Gasteiger partial charge in [-0.25, -0.2) is 9.37 Å². The highest BCUT2D eigenvalue weighted by atomic mass is 19.1. The third kappa shape index (κ3) is 5.23. The van der Waals surface area contributed by atoms with Gasteiger partial charge in [0.2, 0.25) is 5.91 Å². The van der Waals surface area contributed by atoms with Crippen molar-refractivity contribution in [2.45, 2.75) is 20.8 Å². The van der Waals surface area contributed by atoms with Gasteiger partial charge in [-0.15, -0.1) is 0 Å². The first-order chi connectivity index (χ1) is 19.8. The average Bonchev–Trinajstić information content (AvgIpc) is 3.12. The summed E-state index contributed by atoms with van der Waals surface area (Å²) in [5, 5.41) is 9.40. The zero-order valence-corrected chi connectivity index (χ0v) is 22.9. The van der Waals surface area contributed by atoms with Crippen molar-refractivity contribution in [1.82, 2.24) is 19.9 Å². The topological polar surface area (TPSA) is 120 Å². The van der Waals surface area contributed by atoms with Gasteiger partial charge in [0.15, 0.2) is 11.6 Å². The molecule has 4 aromatic rings. The summed E-state index contributed by atoms with van der Waals surface area (Å²) in [6, 6.07) is 8.83. The molecule has 2 aliphatic heterocycles. The quantitative estimate of drug-likeness (QED) is 0.263. The molecule has 0 atom stereocenters. The molecule has 0 unspecified atom stereocenters. The van der Waals surface area contributed by atoms with Crippen LogP contribution in [0.15, 0.2) is 78.5 Å². The first-order valence-electron chi connectivity index (χ1n) is 13.3. The molecule has 5 heterocycles. The van der Waals surface area contributed by atoms with Crippen LogP contribution < -0.4 is 16.0 Å². The number of carbonyl (C=O) groups is 1. The summed E-state index contributed by atoms with van der Waals surface area (Å²) < 4.78 is 15.5.